The zero-order chi connectivity index (χ0) is 19.1. The lowest BCUT2D eigenvalue weighted by Gasteiger charge is -2.34. The third-order valence-corrected chi connectivity index (χ3v) is 6.75. The molecular weight excluding hydrogens is 376 g/mol. The Bertz CT molecular complexity index is 707. The van der Waals surface area contributed by atoms with E-state index in [1.54, 1.807) is 11.3 Å². The average Bonchev–Trinajstić information content (AvgIpc) is 3.37. The van der Waals surface area contributed by atoms with E-state index in [0.717, 1.165) is 45.4 Å². The summed E-state index contributed by atoms with van der Waals surface area (Å²) in [6.45, 7) is 9.70. The topological polar surface area (TPSA) is 48.9 Å². The van der Waals surface area contributed by atoms with E-state index in [4.69, 9.17) is 4.74 Å². The van der Waals surface area contributed by atoms with Crippen LogP contribution in [0.25, 0.3) is 0 Å². The molecule has 2 N–H and O–H groups in total. The Kier molecular flexibility index (Phi) is 7.70. The van der Waals surface area contributed by atoms with E-state index in [1.807, 2.05) is 18.4 Å². The predicted molar refractivity (Wildman–Crippen MR) is 116 cm³/mol. The third-order valence-electron chi connectivity index (χ3n) is 4.95. The van der Waals surface area contributed by atoms with E-state index in [-0.39, 0.29) is 0 Å². The quantitative estimate of drug-likeness (QED) is 0.546. The van der Waals surface area contributed by atoms with Gasteiger partial charge in [0.2, 0.25) is 0 Å². The predicted octanol–water partition coefficient (Wildman–Crippen LogP) is 3.46. The van der Waals surface area contributed by atoms with Crippen LogP contribution >= 0.6 is 22.7 Å². The zero-order valence-electron chi connectivity index (χ0n) is 16.4. The number of hydrogen-bond acceptors (Lipinski definition) is 5. The number of nitrogens with zero attached hydrogens (tertiary/aromatic N) is 2. The van der Waals surface area contributed by atoms with Gasteiger partial charge in [-0.1, -0.05) is 6.92 Å². The van der Waals surface area contributed by atoms with Gasteiger partial charge < -0.3 is 15.4 Å². The molecule has 0 amide bonds. The minimum atomic E-state index is 0.348. The highest BCUT2D eigenvalue weighted by molar-refractivity contribution is 7.12. The summed E-state index contributed by atoms with van der Waals surface area (Å²) in [5.41, 5.74) is 1.38. The Balaban J connectivity index is 1.57. The van der Waals surface area contributed by atoms with Crippen LogP contribution in [0, 0.1) is 6.92 Å². The highest BCUT2D eigenvalue weighted by atomic mass is 32.1. The van der Waals surface area contributed by atoms with Gasteiger partial charge in [0.15, 0.2) is 5.96 Å². The van der Waals surface area contributed by atoms with Gasteiger partial charge in [-0.05, 0) is 47.4 Å². The van der Waals surface area contributed by atoms with Gasteiger partial charge in [-0.3, -0.25) is 9.89 Å². The molecule has 1 fully saturated rings. The summed E-state index contributed by atoms with van der Waals surface area (Å²) in [4.78, 5) is 9.69. The lowest BCUT2D eigenvalue weighted by molar-refractivity contribution is 0.0177. The maximum Gasteiger partial charge on any atom is 0.191 e. The van der Waals surface area contributed by atoms with Crippen molar-refractivity contribution in [3.63, 3.8) is 0 Å². The van der Waals surface area contributed by atoms with Crippen molar-refractivity contribution in [3.05, 3.63) is 44.3 Å². The van der Waals surface area contributed by atoms with E-state index >= 15 is 0 Å². The number of nitrogens with one attached hydrogen (secondary N) is 2. The van der Waals surface area contributed by atoms with Crippen LogP contribution in [0.5, 0.6) is 0 Å². The van der Waals surface area contributed by atoms with E-state index in [2.05, 4.69) is 63.3 Å². The van der Waals surface area contributed by atoms with Crippen molar-refractivity contribution in [2.75, 3.05) is 46.4 Å². The SMILES string of the molecule is CN=C(NCC(C)c1ccsc1)NCC(c1ccc(C)s1)N1CCOCC1. The average molecular weight is 407 g/mol. The van der Waals surface area contributed by atoms with Crippen LogP contribution in [-0.2, 0) is 4.74 Å². The molecule has 2 atom stereocenters. The maximum atomic E-state index is 5.54. The molecule has 0 saturated carbocycles. The Morgan fingerprint density at radius 3 is 2.63 bits per heavy atom. The zero-order valence-corrected chi connectivity index (χ0v) is 18.0. The van der Waals surface area contributed by atoms with Crippen LogP contribution < -0.4 is 10.6 Å². The van der Waals surface area contributed by atoms with Crippen molar-refractivity contribution in [1.82, 2.24) is 15.5 Å². The van der Waals surface area contributed by atoms with Crippen LogP contribution in [0.15, 0.2) is 34.0 Å². The molecule has 0 aliphatic carbocycles. The molecule has 0 aromatic carbocycles. The lowest BCUT2D eigenvalue weighted by Crippen LogP contribution is -2.46. The van der Waals surface area contributed by atoms with E-state index in [9.17, 15) is 0 Å². The van der Waals surface area contributed by atoms with E-state index < -0.39 is 0 Å². The summed E-state index contributed by atoms with van der Waals surface area (Å²) >= 11 is 3.63. The fourth-order valence-corrected chi connectivity index (χ4v) is 5.06. The van der Waals surface area contributed by atoms with Gasteiger partial charge in [0.1, 0.15) is 0 Å². The molecule has 1 saturated heterocycles. The Morgan fingerprint density at radius 1 is 1.22 bits per heavy atom. The molecule has 5 nitrogen and oxygen atoms in total. The number of hydrogen-bond donors (Lipinski definition) is 2. The van der Waals surface area contributed by atoms with Gasteiger partial charge in [0, 0.05) is 43.0 Å². The van der Waals surface area contributed by atoms with Crippen molar-refractivity contribution in [1.29, 1.82) is 0 Å². The first-order chi connectivity index (χ1) is 13.2. The van der Waals surface area contributed by atoms with Crippen molar-refractivity contribution < 1.29 is 4.74 Å². The molecule has 7 heteroatoms. The number of aliphatic imine (C=N–C) groups is 1. The number of rotatable bonds is 7. The Hall–Kier alpha value is -1.41. The second-order valence-corrected chi connectivity index (χ2v) is 9.00. The second kappa shape index (κ2) is 10.2. The standard InChI is InChI=1S/C20H30N4OS2/c1-15(17-6-11-26-14-17)12-22-20(21-3)23-13-18(19-5-4-16(2)27-19)24-7-9-25-10-8-24/h4-6,11,14-15,18H,7-10,12-13H2,1-3H3,(H2,21,22,23). The third kappa shape index (κ3) is 5.78. The van der Waals surface area contributed by atoms with Crippen LogP contribution in [0.3, 0.4) is 0 Å². The van der Waals surface area contributed by atoms with Gasteiger partial charge in [0.05, 0.1) is 19.3 Å². The van der Waals surface area contributed by atoms with Gasteiger partial charge in [-0.2, -0.15) is 11.3 Å². The number of aryl methyl sites for hydroxylation is 1. The van der Waals surface area contributed by atoms with E-state index in [1.165, 1.54) is 15.3 Å². The summed E-state index contributed by atoms with van der Waals surface area (Å²) in [6, 6.07) is 7.01. The summed E-state index contributed by atoms with van der Waals surface area (Å²) in [5, 5.41) is 11.4. The molecule has 3 heterocycles. The first-order valence-electron chi connectivity index (χ1n) is 9.52. The summed E-state index contributed by atoms with van der Waals surface area (Å²) in [7, 11) is 1.84. The Labute approximate surface area is 170 Å². The number of morpholine rings is 1. The van der Waals surface area contributed by atoms with Gasteiger partial charge in [-0.15, -0.1) is 11.3 Å². The van der Waals surface area contributed by atoms with Crippen LogP contribution in [-0.4, -0.2) is 57.3 Å². The lowest BCUT2D eigenvalue weighted by atomic mass is 10.1. The van der Waals surface area contributed by atoms with Crippen LogP contribution in [0.1, 0.15) is 34.2 Å². The van der Waals surface area contributed by atoms with Gasteiger partial charge in [-0.25, -0.2) is 0 Å². The highest BCUT2D eigenvalue weighted by Gasteiger charge is 2.24. The number of guanidine groups is 1. The normalized spacial score (nSPS) is 18.3. The van der Waals surface area contributed by atoms with Crippen LogP contribution in [0.2, 0.25) is 0 Å². The van der Waals surface area contributed by atoms with Crippen molar-refractivity contribution in [2.24, 2.45) is 4.99 Å². The van der Waals surface area contributed by atoms with Crippen LogP contribution in [0.4, 0.5) is 0 Å². The molecule has 2 aromatic heterocycles. The molecule has 3 rings (SSSR count). The summed E-state index contributed by atoms with van der Waals surface area (Å²) in [5.74, 6) is 1.33. The summed E-state index contributed by atoms with van der Waals surface area (Å²) in [6.07, 6.45) is 0. The first-order valence-corrected chi connectivity index (χ1v) is 11.3. The minimum absolute atomic E-state index is 0.348. The Morgan fingerprint density at radius 2 is 2.00 bits per heavy atom. The molecule has 0 bridgehead atoms. The molecular formula is C20H30N4OS2. The highest BCUT2D eigenvalue weighted by Crippen LogP contribution is 2.27. The van der Waals surface area contributed by atoms with Gasteiger partial charge >= 0.3 is 0 Å². The molecule has 0 spiro atoms. The number of thiophene rings is 2. The fraction of sp³-hybridized carbons (Fsp3) is 0.550. The van der Waals surface area contributed by atoms with Gasteiger partial charge in [0.25, 0.3) is 0 Å². The molecule has 2 aromatic rings. The molecule has 2 unspecified atom stereocenters. The largest absolute Gasteiger partial charge is 0.379 e. The number of ether oxygens (including phenoxy) is 1. The van der Waals surface area contributed by atoms with E-state index in [0.29, 0.717) is 12.0 Å². The smallest absolute Gasteiger partial charge is 0.191 e. The molecule has 0 radical (unpaired) electrons. The fourth-order valence-electron chi connectivity index (χ4n) is 3.27. The first kappa shape index (κ1) is 20.3. The van der Waals surface area contributed by atoms with Crippen molar-refractivity contribution in [2.45, 2.75) is 25.8 Å². The summed E-state index contributed by atoms with van der Waals surface area (Å²) < 4.78 is 5.54. The minimum Gasteiger partial charge on any atom is -0.379 e. The molecule has 1 aliphatic heterocycles. The second-order valence-electron chi connectivity index (χ2n) is 6.90. The van der Waals surface area contributed by atoms with Crippen molar-refractivity contribution >= 4 is 28.6 Å². The van der Waals surface area contributed by atoms with Crippen molar-refractivity contribution in [3.8, 4) is 0 Å². The molecule has 27 heavy (non-hydrogen) atoms. The monoisotopic (exact) mass is 406 g/mol. The maximum absolute atomic E-state index is 5.54. The molecule has 148 valence electrons. The molecule has 1 aliphatic rings.